The topological polar surface area (TPSA) is 196 Å². The fourth-order valence-corrected chi connectivity index (χ4v) is 8.48. The third-order valence-electron chi connectivity index (χ3n) is 11.6. The Hall–Kier alpha value is -4.78. The molecule has 0 unspecified atom stereocenters. The second-order valence-electron chi connectivity index (χ2n) is 16.2. The van der Waals surface area contributed by atoms with E-state index in [-0.39, 0.29) is 12.1 Å². The summed E-state index contributed by atoms with van der Waals surface area (Å²) in [4.78, 5) is 16.1. The van der Waals surface area contributed by atoms with E-state index in [1.807, 2.05) is 25.3 Å². The molecule has 2 saturated heterocycles. The lowest BCUT2D eigenvalue weighted by atomic mass is 9.89. The molecule has 0 amide bonds. The molecule has 19 nitrogen and oxygen atoms in total. The number of nitrogens with zero attached hydrogens (tertiary/aromatic N) is 9. The van der Waals surface area contributed by atoms with Gasteiger partial charge >= 0.3 is 0 Å². The number of ether oxygens (including phenoxy) is 9. The van der Waals surface area contributed by atoms with E-state index in [1.54, 1.807) is 36.6 Å². The molecular weight excluding hydrogens is 825 g/mol. The average molecular weight is 889 g/mol. The number of hydrogen-bond acceptors (Lipinski definition) is 17. The summed E-state index contributed by atoms with van der Waals surface area (Å²) in [6, 6.07) is 9.67. The van der Waals surface area contributed by atoms with Crippen LogP contribution in [0.25, 0.3) is 11.1 Å². The van der Waals surface area contributed by atoms with Crippen molar-refractivity contribution >= 4 is 11.6 Å². The molecule has 64 heavy (non-hydrogen) atoms. The van der Waals surface area contributed by atoms with E-state index in [0.717, 1.165) is 50.0 Å². The monoisotopic (exact) mass is 888 g/mol. The summed E-state index contributed by atoms with van der Waals surface area (Å²) in [5.41, 5.74) is 2.74. The zero-order chi connectivity index (χ0) is 44.2. The lowest BCUT2D eigenvalue weighted by molar-refractivity contribution is -0.0458. The van der Waals surface area contributed by atoms with Gasteiger partial charge in [-0.05, 0) is 63.1 Å². The maximum Gasteiger partial charge on any atom is 0.256 e. The highest BCUT2D eigenvalue weighted by Crippen LogP contribution is 2.39. The van der Waals surface area contributed by atoms with Crippen molar-refractivity contribution in [2.45, 2.75) is 88.7 Å². The first-order valence-corrected chi connectivity index (χ1v) is 22.7. The number of nitriles is 1. The summed E-state index contributed by atoms with van der Waals surface area (Å²) in [6.45, 7) is 10.3. The maximum absolute atomic E-state index is 9.77. The molecule has 4 aromatic rings. The predicted octanol–water partition coefficient (Wildman–Crippen LogP) is 4.86. The number of nitrogens with one attached hydrogen (secondary N) is 1. The van der Waals surface area contributed by atoms with Crippen LogP contribution in [0.5, 0.6) is 11.6 Å². The quantitative estimate of drug-likeness (QED) is 0.0725. The Kier molecular flexibility index (Phi) is 18.9. The number of hydrogen-bond donors (Lipinski definition) is 1. The number of aromatic nitrogens is 7. The Morgan fingerprint density at radius 3 is 2.03 bits per heavy atom. The van der Waals surface area contributed by atoms with Crippen molar-refractivity contribution in [1.29, 1.82) is 5.26 Å². The molecule has 7 rings (SSSR count). The van der Waals surface area contributed by atoms with Gasteiger partial charge in [0.25, 0.3) is 5.88 Å². The molecule has 19 heteroatoms. The largest absolute Gasteiger partial charge is 0.487 e. The molecule has 3 atom stereocenters. The summed E-state index contributed by atoms with van der Waals surface area (Å²) in [6.07, 6.45) is 15.9. The maximum atomic E-state index is 9.77. The summed E-state index contributed by atoms with van der Waals surface area (Å²) >= 11 is 0. The van der Waals surface area contributed by atoms with Gasteiger partial charge in [-0.15, -0.1) is 5.10 Å². The van der Waals surface area contributed by atoms with Gasteiger partial charge in [-0.3, -0.25) is 9.58 Å². The van der Waals surface area contributed by atoms with Crippen LogP contribution in [0.1, 0.15) is 63.5 Å². The number of morpholine rings is 1. The highest BCUT2D eigenvalue weighted by molar-refractivity contribution is 5.67. The molecule has 1 N–H and O–H groups in total. The number of benzene rings is 1. The van der Waals surface area contributed by atoms with Crippen LogP contribution in [-0.2, 0) is 39.7 Å². The second kappa shape index (κ2) is 25.6. The Bertz CT molecular complexity index is 1960. The van der Waals surface area contributed by atoms with E-state index in [0.29, 0.717) is 139 Å². The minimum Gasteiger partial charge on any atom is -0.487 e. The molecule has 0 spiro atoms. The molecule has 3 aliphatic rings. The molecule has 348 valence electrons. The molecule has 5 heterocycles. The van der Waals surface area contributed by atoms with Gasteiger partial charge in [-0.25, -0.2) is 19.6 Å². The highest BCUT2D eigenvalue weighted by Gasteiger charge is 2.42. The van der Waals surface area contributed by atoms with Gasteiger partial charge in [0.2, 0.25) is 5.95 Å². The molecule has 1 saturated carbocycles. The van der Waals surface area contributed by atoms with Gasteiger partial charge in [-0.2, -0.15) is 10.4 Å². The summed E-state index contributed by atoms with van der Waals surface area (Å²) in [5, 5.41) is 22.3. The van der Waals surface area contributed by atoms with Crippen molar-refractivity contribution in [2.24, 2.45) is 0 Å². The number of rotatable bonds is 29. The van der Waals surface area contributed by atoms with E-state index >= 15 is 0 Å². The Balaban J connectivity index is 0.881. The van der Waals surface area contributed by atoms with E-state index in [1.165, 1.54) is 19.2 Å². The van der Waals surface area contributed by atoms with Crippen LogP contribution in [0.15, 0.2) is 49.4 Å². The summed E-state index contributed by atoms with van der Waals surface area (Å²) < 4.78 is 54.8. The van der Waals surface area contributed by atoms with E-state index in [2.05, 4.69) is 41.0 Å². The predicted molar refractivity (Wildman–Crippen MR) is 235 cm³/mol. The summed E-state index contributed by atoms with van der Waals surface area (Å²) in [7, 11) is 1.65. The van der Waals surface area contributed by atoms with Gasteiger partial charge < -0.3 is 47.9 Å². The lowest BCUT2D eigenvalue weighted by Gasteiger charge is -2.43. The van der Waals surface area contributed by atoms with Crippen LogP contribution in [0.2, 0.25) is 0 Å². The van der Waals surface area contributed by atoms with Gasteiger partial charge in [-0.1, -0.05) is 6.07 Å². The zero-order valence-electron chi connectivity index (χ0n) is 37.3. The first-order chi connectivity index (χ1) is 31.6. The number of methoxy groups -OCH3 is 1. The first kappa shape index (κ1) is 47.2. The van der Waals surface area contributed by atoms with Crippen molar-refractivity contribution in [2.75, 3.05) is 105 Å². The molecule has 2 aliphatic heterocycles. The molecule has 3 fully saturated rings. The Morgan fingerprint density at radius 1 is 0.781 bits per heavy atom. The third kappa shape index (κ3) is 14.1. The van der Waals surface area contributed by atoms with Crippen molar-refractivity contribution in [3.05, 3.63) is 55.0 Å². The zero-order valence-corrected chi connectivity index (χ0v) is 37.3. The van der Waals surface area contributed by atoms with Crippen molar-refractivity contribution in [1.82, 2.24) is 39.4 Å². The molecular formula is C45H64N10O9. The number of anilines is 2. The Labute approximate surface area is 375 Å². The van der Waals surface area contributed by atoms with Gasteiger partial charge in [0.1, 0.15) is 36.3 Å². The van der Waals surface area contributed by atoms with Crippen molar-refractivity contribution < 1.29 is 42.6 Å². The third-order valence-corrected chi connectivity index (χ3v) is 11.6. The van der Waals surface area contributed by atoms with Gasteiger partial charge in [0, 0.05) is 56.2 Å². The molecule has 1 aliphatic carbocycles. The van der Waals surface area contributed by atoms with Crippen LogP contribution in [0.4, 0.5) is 11.6 Å². The minimum atomic E-state index is -0.247. The van der Waals surface area contributed by atoms with Crippen LogP contribution in [0.3, 0.4) is 0 Å². The van der Waals surface area contributed by atoms with Crippen LogP contribution in [-0.4, -0.2) is 163 Å². The highest BCUT2D eigenvalue weighted by atomic mass is 16.6. The van der Waals surface area contributed by atoms with E-state index in [9.17, 15) is 5.26 Å². The Morgan fingerprint density at radius 2 is 1.41 bits per heavy atom. The molecule has 3 aromatic heterocycles. The SMILES string of the molecule is COCCOCCOCCOCCOCCOCCCOc1nn(C2CCC(N3[C@@H]4CC[C@H]3COC4)CC2)cc1Nc1ncc(-c2ccc(C#N)c(O[C@@H](C)Cn3cncn3)c2)cn1. The van der Waals surface area contributed by atoms with Crippen LogP contribution < -0.4 is 14.8 Å². The summed E-state index contributed by atoms with van der Waals surface area (Å²) in [5.74, 6) is 1.39. The smallest absolute Gasteiger partial charge is 0.256 e. The fraction of sp³-hybridized carbons (Fsp3) is 0.644. The van der Waals surface area contributed by atoms with Crippen molar-refractivity contribution in [3.63, 3.8) is 0 Å². The van der Waals surface area contributed by atoms with Crippen molar-refractivity contribution in [3.8, 4) is 28.8 Å². The molecule has 1 aromatic carbocycles. The molecule has 0 radical (unpaired) electrons. The van der Waals surface area contributed by atoms with Crippen LogP contribution in [0, 0.1) is 11.3 Å². The second-order valence-corrected chi connectivity index (χ2v) is 16.2. The fourth-order valence-electron chi connectivity index (χ4n) is 8.48. The lowest BCUT2D eigenvalue weighted by Crippen LogP contribution is -2.52. The minimum absolute atomic E-state index is 0.247. The average Bonchev–Trinajstić information content (AvgIpc) is 4.04. The van der Waals surface area contributed by atoms with E-state index < -0.39 is 0 Å². The van der Waals surface area contributed by atoms with E-state index in [4.69, 9.17) is 47.7 Å². The standard InChI is InChI=1S/C45H64N10O9/c1-34(28-53-33-47-32-50-53)64-43-24-35(4-5-36(43)25-46)37-26-48-45(49-27-37)51-42-29-54(38-6-8-39(9-7-38)55-40-10-11-41(55)31-62-30-40)52-44(42)63-13-3-12-57-16-17-59-20-21-61-23-22-60-19-18-58-15-14-56-2/h4-5,24,26-27,29,32-34,38-41H,3,6-23,28,30-31H2,1-2H3,(H,48,49,51)/t34-,38?,39?,40-,41+/m0/s1. The molecule has 2 bridgehead atoms. The normalized spacial score (nSPS) is 20.3. The van der Waals surface area contributed by atoms with Gasteiger partial charge in [0.05, 0.1) is 110 Å². The van der Waals surface area contributed by atoms with Crippen LogP contribution >= 0.6 is 0 Å². The van der Waals surface area contributed by atoms with Gasteiger partial charge in [0.15, 0.2) is 0 Å². The number of fused-ring (bicyclic) bond motifs is 2. The first-order valence-electron chi connectivity index (χ1n) is 22.7.